The van der Waals surface area contributed by atoms with Gasteiger partial charge in [-0.25, -0.2) is 0 Å². The summed E-state index contributed by atoms with van der Waals surface area (Å²) in [5, 5.41) is 23.1. The Balaban J connectivity index is 2.86. The van der Waals surface area contributed by atoms with E-state index in [2.05, 4.69) is 5.32 Å². The molecule has 1 aromatic rings. The molecule has 5 nitrogen and oxygen atoms in total. The monoisotopic (exact) mass is 205 g/mol. The predicted molar refractivity (Wildman–Crippen MR) is 48.2 cm³/mol. The van der Waals surface area contributed by atoms with Gasteiger partial charge in [-0.15, -0.1) is 0 Å². The van der Waals surface area contributed by atoms with Crippen LogP contribution in [0.2, 0.25) is 0 Å². The Morgan fingerprint density at radius 2 is 1.73 bits per heavy atom. The third kappa shape index (κ3) is 3.51. The molecule has 1 rings (SSSR count). The zero-order valence-electron chi connectivity index (χ0n) is 7.60. The fourth-order valence-corrected chi connectivity index (χ4v) is 0.941. The summed E-state index contributed by atoms with van der Waals surface area (Å²) < 4.78 is 0. The van der Waals surface area contributed by atoms with Gasteiger partial charge in [-0.3, -0.25) is 0 Å². The van der Waals surface area contributed by atoms with Crippen molar-refractivity contribution in [3.63, 3.8) is 0 Å². The van der Waals surface area contributed by atoms with Crippen molar-refractivity contribution in [3.05, 3.63) is 42.1 Å². The Hall–Kier alpha value is -2.30. The fourth-order valence-electron chi connectivity index (χ4n) is 0.941. The van der Waals surface area contributed by atoms with E-state index < -0.39 is 17.6 Å². The summed E-state index contributed by atoms with van der Waals surface area (Å²) in [6.45, 7) is 0. The smallest absolute Gasteiger partial charge is 0.0878 e. The van der Waals surface area contributed by atoms with Crippen molar-refractivity contribution in [2.24, 2.45) is 0 Å². The Morgan fingerprint density at radius 1 is 1.13 bits per heavy atom. The Kier molecular flexibility index (Phi) is 3.45. The van der Waals surface area contributed by atoms with Crippen molar-refractivity contribution >= 4 is 17.6 Å². The van der Waals surface area contributed by atoms with Crippen LogP contribution in [-0.2, 0) is 9.59 Å². The van der Waals surface area contributed by atoms with Gasteiger partial charge < -0.3 is 25.1 Å². The van der Waals surface area contributed by atoms with Gasteiger partial charge in [0, 0.05) is 5.69 Å². The zero-order valence-corrected chi connectivity index (χ0v) is 7.60. The van der Waals surface area contributed by atoms with Crippen molar-refractivity contribution in [2.45, 2.75) is 0 Å². The minimum atomic E-state index is -1.61. The third-order valence-electron chi connectivity index (χ3n) is 1.53. The van der Waals surface area contributed by atoms with Crippen LogP contribution in [-0.4, -0.2) is 11.9 Å². The number of aliphatic carboxylic acids is 2. The first kappa shape index (κ1) is 10.8. The average Bonchev–Trinajstić information content (AvgIpc) is 2.17. The van der Waals surface area contributed by atoms with Crippen molar-refractivity contribution in [2.75, 3.05) is 5.32 Å². The molecule has 0 bridgehead atoms. The summed E-state index contributed by atoms with van der Waals surface area (Å²) in [6.07, 6.45) is 0.433. The van der Waals surface area contributed by atoms with Crippen LogP contribution in [0.4, 0.5) is 5.69 Å². The molecule has 0 radical (unpaired) electrons. The maximum atomic E-state index is 10.5. The molecule has 0 saturated carbocycles. The minimum absolute atomic E-state index is 0.433. The van der Waals surface area contributed by atoms with E-state index in [0.29, 0.717) is 11.8 Å². The van der Waals surface area contributed by atoms with E-state index in [1.54, 1.807) is 30.3 Å². The van der Waals surface area contributed by atoms with Gasteiger partial charge >= 0.3 is 0 Å². The van der Waals surface area contributed by atoms with Gasteiger partial charge in [0.2, 0.25) is 0 Å². The van der Waals surface area contributed by atoms with Crippen LogP contribution in [0.25, 0.3) is 0 Å². The van der Waals surface area contributed by atoms with Crippen LogP contribution in [0.1, 0.15) is 0 Å². The van der Waals surface area contributed by atoms with Gasteiger partial charge in [0.05, 0.1) is 17.6 Å². The van der Waals surface area contributed by atoms with E-state index in [-0.39, 0.29) is 0 Å². The second-order valence-corrected chi connectivity index (χ2v) is 2.66. The molecule has 0 aliphatic carbocycles. The zero-order chi connectivity index (χ0) is 11.3. The summed E-state index contributed by atoms with van der Waals surface area (Å²) in [7, 11) is 0. The van der Waals surface area contributed by atoms with Crippen molar-refractivity contribution < 1.29 is 19.8 Å². The molecule has 15 heavy (non-hydrogen) atoms. The summed E-state index contributed by atoms with van der Waals surface area (Å²) in [4.78, 5) is 20.7. The highest BCUT2D eigenvalue weighted by atomic mass is 16.4. The third-order valence-corrected chi connectivity index (χ3v) is 1.53. The number of anilines is 1. The van der Waals surface area contributed by atoms with E-state index in [1.807, 2.05) is 0 Å². The van der Waals surface area contributed by atoms with E-state index in [1.165, 1.54) is 0 Å². The number of carboxylic acid groups (broad SMARTS) is 2. The number of benzene rings is 1. The van der Waals surface area contributed by atoms with Gasteiger partial charge in [0.15, 0.2) is 0 Å². The fraction of sp³-hybridized carbons (Fsp3) is 0. The Labute approximate surface area is 85.7 Å². The number of nitrogens with one attached hydrogen (secondary N) is 1. The van der Waals surface area contributed by atoms with Crippen LogP contribution in [0, 0.1) is 0 Å². The standard InChI is InChI=1S/C10H9NO4/c12-9(13)6-8(10(14)15)11-7-4-2-1-3-5-7/h1-6,11H,(H,12,13)(H,14,15)/p-2/b8-6-. The van der Waals surface area contributed by atoms with Crippen molar-refractivity contribution in [1.29, 1.82) is 0 Å². The van der Waals surface area contributed by atoms with Crippen LogP contribution < -0.4 is 15.5 Å². The number of carboxylic acids is 2. The molecule has 0 saturated heterocycles. The number of hydrogen-bond acceptors (Lipinski definition) is 5. The molecule has 0 aliphatic heterocycles. The maximum Gasteiger partial charge on any atom is 0.0878 e. The second kappa shape index (κ2) is 4.80. The molecule has 0 spiro atoms. The van der Waals surface area contributed by atoms with Crippen LogP contribution >= 0.6 is 0 Å². The van der Waals surface area contributed by atoms with Gasteiger partial charge in [-0.1, -0.05) is 18.2 Å². The van der Waals surface area contributed by atoms with Gasteiger partial charge in [-0.2, -0.15) is 0 Å². The molecular weight excluding hydrogens is 198 g/mol. The molecular formula is C10H7NO4-2. The number of carbonyl (C=O) groups excluding carboxylic acids is 2. The normalized spacial score (nSPS) is 10.8. The number of hydrogen-bond donors (Lipinski definition) is 1. The van der Waals surface area contributed by atoms with Crippen LogP contribution in [0.15, 0.2) is 42.1 Å². The van der Waals surface area contributed by atoms with Gasteiger partial charge in [0.1, 0.15) is 0 Å². The van der Waals surface area contributed by atoms with Crippen LogP contribution in [0.3, 0.4) is 0 Å². The van der Waals surface area contributed by atoms with E-state index in [9.17, 15) is 19.8 Å². The molecule has 1 N–H and O–H groups in total. The summed E-state index contributed by atoms with van der Waals surface area (Å²) in [5.74, 6) is -3.21. The first-order chi connectivity index (χ1) is 7.09. The second-order valence-electron chi connectivity index (χ2n) is 2.66. The number of para-hydroxylation sites is 1. The highest BCUT2D eigenvalue weighted by molar-refractivity contribution is 5.95. The molecule has 0 amide bonds. The number of carbonyl (C=O) groups is 2. The lowest BCUT2D eigenvalue weighted by Crippen LogP contribution is -2.31. The van der Waals surface area contributed by atoms with Crippen molar-refractivity contribution in [3.8, 4) is 0 Å². The minimum Gasteiger partial charge on any atom is -0.545 e. The average molecular weight is 205 g/mol. The molecule has 0 heterocycles. The predicted octanol–water partition coefficient (Wildman–Crippen LogP) is -1.52. The van der Waals surface area contributed by atoms with Gasteiger partial charge in [0.25, 0.3) is 0 Å². The molecule has 78 valence electrons. The Bertz CT molecular complexity index is 397. The van der Waals surface area contributed by atoms with Gasteiger partial charge in [-0.05, 0) is 18.2 Å². The molecule has 0 atom stereocenters. The molecule has 1 aromatic carbocycles. The SMILES string of the molecule is O=C([O-])/C=C(\Nc1ccccc1)C(=O)[O-]. The van der Waals surface area contributed by atoms with Crippen molar-refractivity contribution in [1.82, 2.24) is 0 Å². The first-order valence-electron chi connectivity index (χ1n) is 4.05. The molecule has 0 fully saturated rings. The lowest BCUT2D eigenvalue weighted by molar-refractivity contribution is -0.302. The maximum absolute atomic E-state index is 10.5. The molecule has 0 aromatic heterocycles. The quantitative estimate of drug-likeness (QED) is 0.603. The highest BCUT2D eigenvalue weighted by Crippen LogP contribution is 2.08. The van der Waals surface area contributed by atoms with E-state index in [0.717, 1.165) is 0 Å². The summed E-state index contributed by atoms with van der Waals surface area (Å²) in [5.41, 5.74) is -0.101. The topological polar surface area (TPSA) is 92.3 Å². The van der Waals surface area contributed by atoms with Crippen LogP contribution in [0.5, 0.6) is 0 Å². The first-order valence-corrected chi connectivity index (χ1v) is 4.05. The lowest BCUT2D eigenvalue weighted by atomic mass is 10.3. The lowest BCUT2D eigenvalue weighted by Gasteiger charge is -2.12. The Morgan fingerprint density at radius 3 is 2.20 bits per heavy atom. The summed E-state index contributed by atoms with van der Waals surface area (Å²) >= 11 is 0. The van der Waals surface area contributed by atoms with E-state index >= 15 is 0 Å². The largest absolute Gasteiger partial charge is 0.545 e. The highest BCUT2D eigenvalue weighted by Gasteiger charge is 1.98. The molecule has 5 heteroatoms. The summed E-state index contributed by atoms with van der Waals surface area (Å²) in [6, 6.07) is 8.27. The number of rotatable bonds is 4. The molecule has 0 unspecified atom stereocenters. The van der Waals surface area contributed by atoms with E-state index in [4.69, 9.17) is 0 Å². The molecule has 0 aliphatic rings.